The second-order valence-corrected chi connectivity index (χ2v) is 15.0. The molecule has 2 aliphatic heterocycles. The molecule has 8 rings (SSSR count). The third-order valence-electron chi connectivity index (χ3n) is 9.98. The molecule has 0 radical (unpaired) electrons. The van der Waals surface area contributed by atoms with Crippen LogP contribution in [0.15, 0.2) is 115 Å². The minimum Gasteiger partial charge on any atom is -0.480 e. The van der Waals surface area contributed by atoms with Gasteiger partial charge in [-0.15, -0.1) is 0 Å². The Morgan fingerprint density at radius 1 is 0.607 bits per heavy atom. The number of nitrogens with zero attached hydrogens (tertiary/aromatic N) is 2. The molecule has 2 aliphatic rings. The number of H-pyrrole nitrogens is 2. The Kier molecular flexibility index (Phi) is 10.8. The van der Waals surface area contributed by atoms with Crippen molar-refractivity contribution in [3.05, 3.63) is 144 Å². The van der Waals surface area contributed by atoms with Crippen molar-refractivity contribution in [3.8, 4) is 33.4 Å². The average molecular weight is 756 g/mol. The number of rotatable bonds is 12. The largest absolute Gasteiger partial charge is 0.480 e. The Morgan fingerprint density at radius 2 is 1.04 bits per heavy atom. The van der Waals surface area contributed by atoms with Gasteiger partial charge in [-0.2, -0.15) is 11.8 Å². The van der Waals surface area contributed by atoms with Crippen molar-refractivity contribution >= 4 is 70.0 Å². The highest BCUT2D eigenvalue weighted by atomic mass is 32.2. The summed E-state index contributed by atoms with van der Waals surface area (Å²) in [6.45, 7) is 1.34. The van der Waals surface area contributed by atoms with Crippen LogP contribution < -0.4 is 5.32 Å². The Morgan fingerprint density at radius 3 is 1.50 bits per heavy atom. The van der Waals surface area contributed by atoms with Gasteiger partial charge >= 0.3 is 5.97 Å². The second kappa shape index (κ2) is 16.5. The van der Waals surface area contributed by atoms with E-state index in [2.05, 4.69) is 137 Å². The molecule has 4 N–H and O–H groups in total. The minimum absolute atomic E-state index is 0.317. The molecule has 8 bridgehead atoms. The van der Waals surface area contributed by atoms with Crippen molar-refractivity contribution in [2.24, 2.45) is 0 Å². The Balaban J connectivity index is 1.31. The van der Waals surface area contributed by atoms with Gasteiger partial charge in [0.05, 0.1) is 22.8 Å². The standard InChI is InChI=1S/C47H41N5O3S/c1-30(53)48-43(47(54)55)29-56-28-12-11-19-34-35-20-22-37(49-35)44(31-13-5-2-6-14-31)39-24-26-41(51-39)46(33-17-9-4-10-18-33)42-27-25-40(52-42)45(32-15-7-3-8-16-32)38-23-21-36(34)50-38/h2-10,13-18,20-27,43,49,52H,11-12,19,28-29H2,1H3,(H,48,53)(H,54,55)/t43-/m0/s1. The van der Waals surface area contributed by atoms with Crippen LogP contribution in [0.4, 0.5) is 0 Å². The smallest absolute Gasteiger partial charge is 0.327 e. The summed E-state index contributed by atoms with van der Waals surface area (Å²) in [5.74, 6) is -0.278. The van der Waals surface area contributed by atoms with E-state index in [1.807, 2.05) is 18.2 Å². The summed E-state index contributed by atoms with van der Waals surface area (Å²) in [5, 5.41) is 12.0. The highest BCUT2D eigenvalue weighted by molar-refractivity contribution is 7.99. The molecule has 0 saturated carbocycles. The number of carboxylic acid groups (broad SMARTS) is 1. The van der Waals surface area contributed by atoms with Gasteiger partial charge in [0.2, 0.25) is 5.91 Å². The maximum Gasteiger partial charge on any atom is 0.327 e. The van der Waals surface area contributed by atoms with Crippen LogP contribution in [-0.2, 0) is 16.0 Å². The molecule has 0 spiro atoms. The number of aromatic amines is 2. The fourth-order valence-electron chi connectivity index (χ4n) is 7.38. The topological polar surface area (TPSA) is 124 Å². The number of aliphatic carboxylic acids is 1. The maximum atomic E-state index is 11.6. The molecule has 8 nitrogen and oxygen atoms in total. The maximum absolute atomic E-state index is 11.6. The van der Waals surface area contributed by atoms with E-state index in [0.29, 0.717) is 5.75 Å². The van der Waals surface area contributed by atoms with Crippen LogP contribution in [0.5, 0.6) is 0 Å². The van der Waals surface area contributed by atoms with E-state index >= 15 is 0 Å². The number of aromatic nitrogens is 4. The Bertz CT molecular complexity index is 2590. The molecule has 56 heavy (non-hydrogen) atoms. The molecule has 3 aromatic heterocycles. The van der Waals surface area contributed by atoms with Crippen LogP contribution in [0.25, 0.3) is 79.8 Å². The molecule has 9 heteroatoms. The Hall–Kier alpha value is -6.45. The fourth-order valence-corrected chi connectivity index (χ4v) is 8.42. The molecule has 5 heterocycles. The van der Waals surface area contributed by atoms with Crippen LogP contribution in [0, 0.1) is 0 Å². The monoisotopic (exact) mass is 755 g/mol. The Labute approximate surface area is 329 Å². The van der Waals surface area contributed by atoms with Crippen molar-refractivity contribution in [1.29, 1.82) is 0 Å². The molecule has 3 aromatic carbocycles. The van der Waals surface area contributed by atoms with E-state index in [4.69, 9.17) is 9.97 Å². The number of carboxylic acids is 1. The van der Waals surface area contributed by atoms with Gasteiger partial charge in [0.25, 0.3) is 0 Å². The van der Waals surface area contributed by atoms with Crippen molar-refractivity contribution < 1.29 is 14.7 Å². The summed E-state index contributed by atoms with van der Waals surface area (Å²) in [5.41, 5.74) is 14.7. The molecule has 1 amide bonds. The number of thioether (sulfide) groups is 1. The van der Waals surface area contributed by atoms with Gasteiger partial charge in [0.15, 0.2) is 0 Å². The van der Waals surface area contributed by atoms with Gasteiger partial charge in [0, 0.05) is 57.0 Å². The lowest BCUT2D eigenvalue weighted by molar-refractivity contribution is -0.140. The lowest BCUT2D eigenvalue weighted by atomic mass is 10.0. The van der Waals surface area contributed by atoms with E-state index in [1.165, 1.54) is 6.92 Å². The van der Waals surface area contributed by atoms with Crippen molar-refractivity contribution in [2.45, 2.75) is 32.2 Å². The van der Waals surface area contributed by atoms with Gasteiger partial charge in [-0.1, -0.05) is 91.0 Å². The second-order valence-electron chi connectivity index (χ2n) is 13.8. The number of hydrogen-bond donors (Lipinski definition) is 4. The molecule has 0 saturated heterocycles. The molecular formula is C47H41N5O3S. The normalized spacial score (nSPS) is 12.4. The number of hydrogen-bond acceptors (Lipinski definition) is 5. The SMILES string of the molecule is CC(=O)N[C@@H](CSCCCCc1c2nc(c(-c3ccccc3)c3ccc([nH]3)c(-c3ccccc3)c3nc(c(-c4ccccc4)c4ccc1[nH]4)C=C3)C=C2)C(=O)O. The number of nitrogens with one attached hydrogen (secondary N) is 3. The lowest BCUT2D eigenvalue weighted by Gasteiger charge is -2.12. The molecule has 6 aromatic rings. The third kappa shape index (κ3) is 7.85. The molecular weight excluding hydrogens is 715 g/mol. The van der Waals surface area contributed by atoms with Gasteiger partial charge in [-0.05, 0) is 90.3 Å². The quantitative estimate of drug-likeness (QED) is 0.0921. The van der Waals surface area contributed by atoms with Crippen molar-refractivity contribution in [2.75, 3.05) is 11.5 Å². The van der Waals surface area contributed by atoms with Crippen molar-refractivity contribution in [1.82, 2.24) is 25.3 Å². The van der Waals surface area contributed by atoms with Crippen LogP contribution in [0.1, 0.15) is 48.1 Å². The number of carbonyl (C=O) groups excluding carboxylic acids is 1. The molecule has 0 aliphatic carbocycles. The van der Waals surface area contributed by atoms with E-state index in [-0.39, 0.29) is 5.91 Å². The lowest BCUT2D eigenvalue weighted by Crippen LogP contribution is -2.41. The third-order valence-corrected chi connectivity index (χ3v) is 11.1. The summed E-state index contributed by atoms with van der Waals surface area (Å²) < 4.78 is 0. The summed E-state index contributed by atoms with van der Waals surface area (Å²) >= 11 is 1.54. The summed E-state index contributed by atoms with van der Waals surface area (Å²) in [7, 11) is 0. The number of carbonyl (C=O) groups is 2. The minimum atomic E-state index is -1.02. The predicted molar refractivity (Wildman–Crippen MR) is 231 cm³/mol. The first kappa shape index (κ1) is 36.5. The van der Waals surface area contributed by atoms with Gasteiger partial charge in [-0.3, -0.25) is 4.79 Å². The van der Waals surface area contributed by atoms with Crippen molar-refractivity contribution in [3.63, 3.8) is 0 Å². The summed E-state index contributed by atoms with van der Waals surface area (Å²) in [6, 6.07) is 38.8. The van der Waals surface area contributed by atoms with Crippen LogP contribution in [0.2, 0.25) is 0 Å². The predicted octanol–water partition coefficient (Wildman–Crippen LogP) is 10.3. The zero-order chi connectivity index (χ0) is 38.4. The molecule has 278 valence electrons. The van der Waals surface area contributed by atoms with Gasteiger partial charge < -0.3 is 20.4 Å². The first-order valence-electron chi connectivity index (χ1n) is 18.8. The number of amides is 1. The molecule has 0 fully saturated rings. The number of benzene rings is 3. The summed E-state index contributed by atoms with van der Waals surface area (Å²) in [4.78, 5) is 41.4. The van der Waals surface area contributed by atoms with E-state index in [9.17, 15) is 14.7 Å². The van der Waals surface area contributed by atoms with Crippen LogP contribution in [-0.4, -0.2) is 54.5 Å². The van der Waals surface area contributed by atoms with E-state index in [0.717, 1.165) is 109 Å². The fraction of sp³-hybridized carbons (Fsp3) is 0.149. The van der Waals surface area contributed by atoms with E-state index < -0.39 is 12.0 Å². The summed E-state index contributed by atoms with van der Waals surface area (Å²) in [6.07, 6.45) is 10.9. The first-order valence-corrected chi connectivity index (χ1v) is 20.0. The average Bonchev–Trinajstić information content (AvgIpc) is 4.06. The zero-order valence-corrected chi connectivity index (χ0v) is 31.8. The number of unbranched alkanes of at least 4 members (excludes halogenated alkanes) is 1. The van der Waals surface area contributed by atoms with Crippen LogP contribution in [0.3, 0.4) is 0 Å². The number of fused-ring (bicyclic) bond motifs is 8. The van der Waals surface area contributed by atoms with E-state index in [1.54, 1.807) is 11.8 Å². The highest BCUT2D eigenvalue weighted by Crippen LogP contribution is 2.36. The number of aryl methyl sites for hydroxylation is 1. The molecule has 1 atom stereocenters. The van der Waals surface area contributed by atoms with Crippen LogP contribution >= 0.6 is 11.8 Å². The van der Waals surface area contributed by atoms with Gasteiger partial charge in [0.1, 0.15) is 6.04 Å². The zero-order valence-electron chi connectivity index (χ0n) is 31.0. The molecule has 0 unspecified atom stereocenters. The van der Waals surface area contributed by atoms with Gasteiger partial charge in [-0.25, -0.2) is 14.8 Å². The first-order chi connectivity index (χ1) is 27.4. The highest BCUT2D eigenvalue weighted by Gasteiger charge is 2.20.